The first kappa shape index (κ1) is 19.3. The van der Waals surface area contributed by atoms with Crippen LogP contribution in [0.25, 0.3) is 0 Å². The topological polar surface area (TPSA) is 92.5 Å². The van der Waals surface area contributed by atoms with Crippen LogP contribution in [-0.4, -0.2) is 44.4 Å². The molecule has 2 fully saturated rings. The fraction of sp³-hybridized carbons (Fsp3) is 0.632. The van der Waals surface area contributed by atoms with Crippen LogP contribution < -0.4 is 10.5 Å². The maximum absolute atomic E-state index is 12.8. The highest BCUT2D eigenvalue weighted by Gasteiger charge is 2.41. The molecule has 1 saturated carbocycles. The van der Waals surface area contributed by atoms with Crippen LogP contribution >= 0.6 is 0 Å². The Hall–Kier alpha value is -1.44. The monoisotopic (exact) mass is 379 g/mol. The van der Waals surface area contributed by atoms with Crippen molar-refractivity contribution in [3.63, 3.8) is 0 Å². The molecule has 1 amide bonds. The quantitative estimate of drug-likeness (QED) is 0.816. The first-order valence-electron chi connectivity index (χ1n) is 9.45. The van der Waals surface area contributed by atoms with E-state index in [-0.39, 0.29) is 16.7 Å². The maximum Gasteiger partial charge on any atom is 0.242 e. The van der Waals surface area contributed by atoms with Gasteiger partial charge in [-0.25, -0.2) is 13.1 Å². The summed E-state index contributed by atoms with van der Waals surface area (Å²) in [6.07, 6.45) is 5.34. The molecule has 1 aliphatic carbocycles. The number of nitrogens with two attached hydrogens (primary N) is 1. The summed E-state index contributed by atoms with van der Waals surface area (Å²) in [7, 11) is -3.52. The summed E-state index contributed by atoms with van der Waals surface area (Å²) in [4.78, 5) is 14.9. The van der Waals surface area contributed by atoms with E-state index in [4.69, 9.17) is 5.73 Å². The Morgan fingerprint density at radius 3 is 2.54 bits per heavy atom. The van der Waals surface area contributed by atoms with E-state index < -0.39 is 15.6 Å². The first-order chi connectivity index (χ1) is 12.3. The lowest BCUT2D eigenvalue weighted by atomic mass is 9.93. The van der Waals surface area contributed by atoms with Gasteiger partial charge in [0.15, 0.2) is 0 Å². The Balaban J connectivity index is 1.58. The zero-order chi connectivity index (χ0) is 18.8. The summed E-state index contributed by atoms with van der Waals surface area (Å²) in [6.45, 7) is 3.57. The van der Waals surface area contributed by atoms with Crippen LogP contribution in [0.2, 0.25) is 0 Å². The molecule has 6 nitrogen and oxygen atoms in total. The molecule has 1 aromatic carbocycles. The first-order valence-corrected chi connectivity index (χ1v) is 10.9. The lowest BCUT2D eigenvalue weighted by Gasteiger charge is -2.37. The van der Waals surface area contributed by atoms with Crippen molar-refractivity contribution in [1.29, 1.82) is 0 Å². The Morgan fingerprint density at radius 2 is 1.88 bits per heavy atom. The minimum absolute atomic E-state index is 0.0427. The molecule has 3 N–H and O–H groups in total. The van der Waals surface area contributed by atoms with E-state index in [2.05, 4.69) is 4.72 Å². The molecule has 7 heteroatoms. The van der Waals surface area contributed by atoms with Gasteiger partial charge in [0, 0.05) is 19.6 Å². The summed E-state index contributed by atoms with van der Waals surface area (Å²) in [5.41, 5.74) is 6.62. The van der Waals surface area contributed by atoms with Crippen LogP contribution in [0.1, 0.15) is 44.1 Å². The Labute approximate surface area is 156 Å². The van der Waals surface area contributed by atoms with Gasteiger partial charge in [-0.1, -0.05) is 30.5 Å². The number of nitrogens with zero attached hydrogens (tertiary/aromatic N) is 1. The zero-order valence-electron chi connectivity index (χ0n) is 15.4. The number of likely N-dealkylation sites (tertiary alicyclic amines) is 1. The van der Waals surface area contributed by atoms with Crippen molar-refractivity contribution < 1.29 is 13.2 Å². The molecule has 26 heavy (non-hydrogen) atoms. The molecular formula is C19H29N3O3S. The van der Waals surface area contributed by atoms with Crippen molar-refractivity contribution in [2.45, 2.75) is 55.9 Å². The highest BCUT2D eigenvalue weighted by molar-refractivity contribution is 7.89. The summed E-state index contributed by atoms with van der Waals surface area (Å²) in [5, 5.41) is 0. The molecule has 0 bridgehead atoms. The SMILES string of the molecule is Cc1ccc(S(=O)(=O)NCC2CCCN(C(=O)C3(N)CCCC3)C2)cc1. The van der Waals surface area contributed by atoms with Crippen molar-refractivity contribution in [2.24, 2.45) is 11.7 Å². The van der Waals surface area contributed by atoms with Crippen LogP contribution in [0.5, 0.6) is 0 Å². The van der Waals surface area contributed by atoms with Gasteiger partial charge in [0.2, 0.25) is 15.9 Å². The molecule has 1 saturated heterocycles. The molecule has 1 aliphatic heterocycles. The third-order valence-electron chi connectivity index (χ3n) is 5.62. The number of carbonyl (C=O) groups is 1. The highest BCUT2D eigenvalue weighted by Crippen LogP contribution is 2.30. The second-order valence-corrected chi connectivity index (χ2v) is 9.55. The fourth-order valence-electron chi connectivity index (χ4n) is 3.98. The lowest BCUT2D eigenvalue weighted by Crippen LogP contribution is -2.56. The van der Waals surface area contributed by atoms with Gasteiger partial charge < -0.3 is 10.6 Å². The number of amides is 1. The van der Waals surface area contributed by atoms with E-state index in [1.54, 1.807) is 24.3 Å². The molecule has 0 spiro atoms. The van der Waals surface area contributed by atoms with Crippen LogP contribution in [0.4, 0.5) is 0 Å². The minimum Gasteiger partial charge on any atom is -0.341 e. The van der Waals surface area contributed by atoms with Gasteiger partial charge in [0.1, 0.15) is 0 Å². The van der Waals surface area contributed by atoms with Crippen molar-refractivity contribution >= 4 is 15.9 Å². The van der Waals surface area contributed by atoms with Gasteiger partial charge in [-0.05, 0) is 50.7 Å². The Bertz CT molecular complexity index is 740. The average Bonchev–Trinajstić information content (AvgIpc) is 3.08. The minimum atomic E-state index is -3.52. The Morgan fingerprint density at radius 1 is 1.23 bits per heavy atom. The third-order valence-corrected chi connectivity index (χ3v) is 7.06. The van der Waals surface area contributed by atoms with E-state index in [1.165, 1.54) is 0 Å². The number of rotatable bonds is 5. The van der Waals surface area contributed by atoms with Crippen LogP contribution in [0.3, 0.4) is 0 Å². The molecule has 1 aromatic rings. The van der Waals surface area contributed by atoms with Crippen molar-refractivity contribution in [3.05, 3.63) is 29.8 Å². The van der Waals surface area contributed by atoms with Gasteiger partial charge in [0.25, 0.3) is 0 Å². The smallest absolute Gasteiger partial charge is 0.242 e. The molecule has 2 aliphatic rings. The molecule has 1 atom stereocenters. The van der Waals surface area contributed by atoms with Gasteiger partial charge in [-0.2, -0.15) is 0 Å². The second-order valence-electron chi connectivity index (χ2n) is 7.79. The van der Waals surface area contributed by atoms with Crippen molar-refractivity contribution in [3.8, 4) is 0 Å². The van der Waals surface area contributed by atoms with E-state index in [0.717, 1.165) is 50.6 Å². The molecule has 144 valence electrons. The van der Waals surface area contributed by atoms with E-state index in [1.807, 2.05) is 11.8 Å². The van der Waals surface area contributed by atoms with E-state index in [9.17, 15) is 13.2 Å². The average molecular weight is 380 g/mol. The van der Waals surface area contributed by atoms with Crippen LogP contribution in [0, 0.1) is 12.8 Å². The van der Waals surface area contributed by atoms with Crippen LogP contribution in [-0.2, 0) is 14.8 Å². The number of piperidine rings is 1. The molecule has 3 rings (SSSR count). The number of benzene rings is 1. The summed E-state index contributed by atoms with van der Waals surface area (Å²) >= 11 is 0. The van der Waals surface area contributed by atoms with E-state index >= 15 is 0 Å². The van der Waals surface area contributed by atoms with Gasteiger partial charge in [0.05, 0.1) is 10.4 Å². The highest BCUT2D eigenvalue weighted by atomic mass is 32.2. The number of aryl methyl sites for hydroxylation is 1. The third kappa shape index (κ3) is 4.27. The largest absolute Gasteiger partial charge is 0.341 e. The Kier molecular flexibility index (Phi) is 5.69. The summed E-state index contributed by atoms with van der Waals surface area (Å²) < 4.78 is 27.6. The molecule has 1 unspecified atom stereocenters. The number of carbonyl (C=O) groups excluding carboxylic acids is 1. The fourth-order valence-corrected chi connectivity index (χ4v) is 5.10. The van der Waals surface area contributed by atoms with E-state index in [0.29, 0.717) is 13.1 Å². The molecule has 0 aromatic heterocycles. The van der Waals surface area contributed by atoms with Crippen LogP contribution in [0.15, 0.2) is 29.2 Å². The predicted molar refractivity (Wildman–Crippen MR) is 101 cm³/mol. The summed E-state index contributed by atoms with van der Waals surface area (Å²) in [5.74, 6) is 0.166. The molecule has 0 radical (unpaired) electrons. The normalized spacial score (nSPS) is 23.2. The van der Waals surface area contributed by atoms with Gasteiger partial charge >= 0.3 is 0 Å². The number of nitrogens with one attached hydrogen (secondary N) is 1. The van der Waals surface area contributed by atoms with Crippen molar-refractivity contribution in [1.82, 2.24) is 9.62 Å². The predicted octanol–water partition coefficient (Wildman–Crippen LogP) is 1.78. The lowest BCUT2D eigenvalue weighted by molar-refractivity contribution is -0.138. The zero-order valence-corrected chi connectivity index (χ0v) is 16.2. The molecular weight excluding hydrogens is 350 g/mol. The van der Waals surface area contributed by atoms with Gasteiger partial charge in [-0.15, -0.1) is 0 Å². The summed E-state index contributed by atoms with van der Waals surface area (Å²) in [6, 6.07) is 6.81. The van der Waals surface area contributed by atoms with Gasteiger partial charge in [-0.3, -0.25) is 4.79 Å². The van der Waals surface area contributed by atoms with Crippen molar-refractivity contribution in [2.75, 3.05) is 19.6 Å². The standard InChI is InChI=1S/C19H29N3O3S/c1-15-6-8-17(9-7-15)26(24,25)21-13-16-5-4-12-22(14-16)18(23)19(20)10-2-3-11-19/h6-9,16,21H,2-5,10-14,20H2,1H3. The maximum atomic E-state index is 12.8. The molecule has 1 heterocycles. The number of hydrogen-bond donors (Lipinski definition) is 2. The number of hydrogen-bond acceptors (Lipinski definition) is 4. The number of sulfonamides is 1. The second kappa shape index (κ2) is 7.66.